The molecule has 4 heterocycles. The van der Waals surface area contributed by atoms with Crippen LogP contribution in [0.3, 0.4) is 0 Å². The van der Waals surface area contributed by atoms with Crippen molar-refractivity contribution in [1.29, 1.82) is 0 Å². The topological polar surface area (TPSA) is 82.9 Å². The molecule has 1 aliphatic heterocycles. The average molecular weight is 325 g/mol. The van der Waals surface area contributed by atoms with Crippen molar-refractivity contribution in [2.24, 2.45) is 0 Å². The number of aromatic nitrogens is 5. The molecule has 4 rings (SSSR count). The van der Waals surface area contributed by atoms with Crippen molar-refractivity contribution in [2.75, 3.05) is 37.6 Å². The molecule has 0 radical (unpaired) electrons. The van der Waals surface area contributed by atoms with Crippen LogP contribution >= 0.6 is 0 Å². The highest BCUT2D eigenvalue weighted by atomic mass is 16.1. The van der Waals surface area contributed by atoms with Crippen LogP contribution in [0.15, 0.2) is 41.7 Å². The summed E-state index contributed by atoms with van der Waals surface area (Å²) in [7, 11) is 0. The number of piperazine rings is 1. The largest absolute Gasteiger partial charge is 0.353 e. The minimum Gasteiger partial charge on any atom is -0.353 e. The minimum absolute atomic E-state index is 0.0491. The Labute approximate surface area is 138 Å². The maximum Gasteiger partial charge on any atom is 0.266 e. The zero-order chi connectivity index (χ0) is 16.4. The van der Waals surface area contributed by atoms with Gasteiger partial charge in [0.25, 0.3) is 5.56 Å². The molecule has 1 N–H and O–H groups in total. The van der Waals surface area contributed by atoms with Gasteiger partial charge in [-0.15, -0.1) is 0 Å². The third-order valence-electron chi connectivity index (χ3n) is 4.42. The molecule has 3 aromatic rings. The molecule has 8 nitrogen and oxygen atoms in total. The van der Waals surface area contributed by atoms with E-state index in [1.807, 2.05) is 12.3 Å². The quantitative estimate of drug-likeness (QED) is 0.745. The van der Waals surface area contributed by atoms with Crippen LogP contribution in [-0.4, -0.2) is 62.4 Å². The predicted molar refractivity (Wildman–Crippen MR) is 91.0 cm³/mol. The molecule has 0 spiro atoms. The summed E-state index contributed by atoms with van der Waals surface area (Å²) in [4.78, 5) is 28.1. The Morgan fingerprint density at radius 1 is 1.08 bits per heavy atom. The number of anilines is 1. The summed E-state index contributed by atoms with van der Waals surface area (Å²) in [6.07, 6.45) is 5.15. The van der Waals surface area contributed by atoms with Gasteiger partial charge < -0.3 is 9.88 Å². The first-order valence-corrected chi connectivity index (χ1v) is 8.09. The van der Waals surface area contributed by atoms with Crippen LogP contribution in [0.4, 0.5) is 5.82 Å². The van der Waals surface area contributed by atoms with Gasteiger partial charge in [-0.3, -0.25) is 9.69 Å². The SMILES string of the molecule is O=c1cccnn1CCN1CCN(c2ncnc3[nH]ccc23)CC1. The van der Waals surface area contributed by atoms with Crippen molar-refractivity contribution in [1.82, 2.24) is 29.6 Å². The van der Waals surface area contributed by atoms with Gasteiger partial charge in [-0.2, -0.15) is 5.10 Å². The Kier molecular flexibility index (Phi) is 3.96. The van der Waals surface area contributed by atoms with Gasteiger partial charge in [-0.25, -0.2) is 14.6 Å². The number of fused-ring (bicyclic) bond motifs is 1. The molecule has 8 heteroatoms. The highest BCUT2D eigenvalue weighted by Gasteiger charge is 2.20. The second-order valence-corrected chi connectivity index (χ2v) is 5.85. The normalized spacial score (nSPS) is 15.9. The van der Waals surface area contributed by atoms with Crippen LogP contribution in [0.2, 0.25) is 0 Å². The van der Waals surface area contributed by atoms with Crippen molar-refractivity contribution < 1.29 is 0 Å². The molecule has 0 amide bonds. The van der Waals surface area contributed by atoms with Crippen LogP contribution in [0, 0.1) is 0 Å². The fraction of sp³-hybridized carbons (Fsp3) is 0.375. The van der Waals surface area contributed by atoms with E-state index in [4.69, 9.17) is 0 Å². The Morgan fingerprint density at radius 2 is 1.96 bits per heavy atom. The number of H-pyrrole nitrogens is 1. The van der Waals surface area contributed by atoms with E-state index >= 15 is 0 Å². The summed E-state index contributed by atoms with van der Waals surface area (Å²) in [6, 6.07) is 5.23. The molecule has 0 unspecified atom stereocenters. The molecule has 0 saturated carbocycles. The molecule has 0 bridgehead atoms. The lowest BCUT2D eigenvalue weighted by molar-refractivity contribution is 0.242. The second kappa shape index (κ2) is 6.40. The molecule has 0 aliphatic carbocycles. The summed E-state index contributed by atoms with van der Waals surface area (Å²) in [5, 5.41) is 5.16. The predicted octanol–water partition coefficient (Wildman–Crippen LogP) is 0.337. The van der Waals surface area contributed by atoms with Crippen molar-refractivity contribution in [3.05, 3.63) is 47.3 Å². The third kappa shape index (κ3) is 2.88. The maximum atomic E-state index is 11.7. The van der Waals surface area contributed by atoms with Crippen molar-refractivity contribution in [2.45, 2.75) is 6.54 Å². The van der Waals surface area contributed by atoms with E-state index in [-0.39, 0.29) is 5.56 Å². The van der Waals surface area contributed by atoms with Crippen LogP contribution in [0.1, 0.15) is 0 Å². The molecule has 3 aromatic heterocycles. The third-order valence-corrected chi connectivity index (χ3v) is 4.42. The molecule has 1 fully saturated rings. The fourth-order valence-corrected chi connectivity index (χ4v) is 3.09. The first-order valence-electron chi connectivity index (χ1n) is 8.09. The molecular weight excluding hydrogens is 306 g/mol. The number of nitrogens with zero attached hydrogens (tertiary/aromatic N) is 6. The van der Waals surface area contributed by atoms with Crippen molar-refractivity contribution in [3.63, 3.8) is 0 Å². The Bertz CT molecular complexity index is 879. The van der Waals surface area contributed by atoms with E-state index in [1.165, 1.54) is 4.68 Å². The highest BCUT2D eigenvalue weighted by molar-refractivity contribution is 5.87. The van der Waals surface area contributed by atoms with E-state index in [1.54, 1.807) is 24.7 Å². The minimum atomic E-state index is -0.0491. The Balaban J connectivity index is 1.38. The van der Waals surface area contributed by atoms with Gasteiger partial charge in [0, 0.05) is 51.2 Å². The van der Waals surface area contributed by atoms with Crippen molar-refractivity contribution in [3.8, 4) is 0 Å². The van der Waals surface area contributed by atoms with Gasteiger partial charge in [-0.05, 0) is 12.1 Å². The zero-order valence-electron chi connectivity index (χ0n) is 13.3. The molecule has 1 saturated heterocycles. The number of hydrogen-bond donors (Lipinski definition) is 1. The lowest BCUT2D eigenvalue weighted by Crippen LogP contribution is -2.48. The van der Waals surface area contributed by atoms with Crippen LogP contribution in [0.5, 0.6) is 0 Å². The Morgan fingerprint density at radius 3 is 2.79 bits per heavy atom. The fourth-order valence-electron chi connectivity index (χ4n) is 3.09. The molecular formula is C16H19N7O. The second-order valence-electron chi connectivity index (χ2n) is 5.85. The lowest BCUT2D eigenvalue weighted by Gasteiger charge is -2.35. The summed E-state index contributed by atoms with van der Waals surface area (Å²) >= 11 is 0. The number of rotatable bonds is 4. The highest BCUT2D eigenvalue weighted by Crippen LogP contribution is 2.22. The van der Waals surface area contributed by atoms with Gasteiger partial charge in [0.05, 0.1) is 11.9 Å². The van der Waals surface area contributed by atoms with E-state index in [0.717, 1.165) is 49.6 Å². The van der Waals surface area contributed by atoms with Gasteiger partial charge in [0.2, 0.25) is 0 Å². The number of nitrogens with one attached hydrogen (secondary N) is 1. The van der Waals surface area contributed by atoms with Gasteiger partial charge >= 0.3 is 0 Å². The summed E-state index contributed by atoms with van der Waals surface area (Å²) < 4.78 is 1.51. The zero-order valence-corrected chi connectivity index (χ0v) is 13.3. The summed E-state index contributed by atoms with van der Waals surface area (Å²) in [6.45, 7) is 5.15. The lowest BCUT2D eigenvalue weighted by atomic mass is 10.2. The van der Waals surface area contributed by atoms with Gasteiger partial charge in [-0.1, -0.05) is 0 Å². The van der Waals surface area contributed by atoms with Gasteiger partial charge in [0.15, 0.2) is 0 Å². The molecule has 24 heavy (non-hydrogen) atoms. The van der Waals surface area contributed by atoms with Crippen LogP contribution < -0.4 is 10.5 Å². The standard InChI is InChI=1S/C16H19N7O/c24-14-2-1-4-20-23(14)11-8-21-6-9-22(10-7-21)16-13-3-5-17-15(13)18-12-19-16/h1-5,12H,6-11H2,(H,17,18,19). The van der Waals surface area contributed by atoms with Crippen molar-refractivity contribution >= 4 is 16.9 Å². The average Bonchev–Trinajstić information content (AvgIpc) is 3.10. The van der Waals surface area contributed by atoms with E-state index in [0.29, 0.717) is 6.54 Å². The van der Waals surface area contributed by atoms with Crippen LogP contribution in [0.25, 0.3) is 11.0 Å². The maximum absolute atomic E-state index is 11.7. The number of aromatic amines is 1. The van der Waals surface area contributed by atoms with E-state index in [9.17, 15) is 4.79 Å². The summed E-state index contributed by atoms with van der Waals surface area (Å²) in [5.74, 6) is 0.988. The molecule has 124 valence electrons. The first-order chi connectivity index (χ1) is 11.8. The Hall–Kier alpha value is -2.74. The molecule has 0 atom stereocenters. The molecule has 1 aliphatic rings. The number of hydrogen-bond acceptors (Lipinski definition) is 6. The van der Waals surface area contributed by atoms with Gasteiger partial charge in [0.1, 0.15) is 17.8 Å². The van der Waals surface area contributed by atoms with E-state index < -0.39 is 0 Å². The smallest absolute Gasteiger partial charge is 0.266 e. The van der Waals surface area contributed by atoms with Crippen LogP contribution in [-0.2, 0) is 6.54 Å². The van der Waals surface area contributed by atoms with E-state index in [2.05, 4.69) is 29.9 Å². The monoisotopic (exact) mass is 325 g/mol. The summed E-state index contributed by atoms with van der Waals surface area (Å²) in [5.41, 5.74) is 0.823. The molecule has 0 aromatic carbocycles. The first kappa shape index (κ1) is 14.8.